The Kier molecular flexibility index (Phi) is 4.44. The molecule has 156 valence electrons. The number of aromatic nitrogens is 2. The summed E-state index contributed by atoms with van der Waals surface area (Å²) in [5, 5.41) is 2.03. The molecule has 0 unspecified atom stereocenters. The number of nitrogens with zero attached hydrogens (tertiary/aromatic N) is 3. The highest BCUT2D eigenvalue weighted by molar-refractivity contribution is 7.90. The normalized spacial score (nSPS) is 17.2. The number of pyridine rings is 1. The van der Waals surface area contributed by atoms with Crippen molar-refractivity contribution in [3.8, 4) is 0 Å². The molecule has 2 aliphatic rings. The Morgan fingerprint density at radius 3 is 2.63 bits per heavy atom. The molecule has 5 rings (SSSR count). The number of anilines is 1. The van der Waals surface area contributed by atoms with E-state index in [-0.39, 0.29) is 11.7 Å². The van der Waals surface area contributed by atoms with Crippen molar-refractivity contribution in [1.82, 2.24) is 9.55 Å². The molecule has 0 saturated heterocycles. The Morgan fingerprint density at radius 2 is 1.93 bits per heavy atom. The number of hydrogen-bond donors (Lipinski definition) is 0. The summed E-state index contributed by atoms with van der Waals surface area (Å²) in [4.78, 5) is 19.2. The number of carbonyl (C=O) groups is 1. The first-order chi connectivity index (χ1) is 14.2. The van der Waals surface area contributed by atoms with Gasteiger partial charge in [-0.3, -0.25) is 9.78 Å². The molecule has 30 heavy (non-hydrogen) atoms. The van der Waals surface area contributed by atoms with Gasteiger partial charge >= 0.3 is 0 Å². The molecule has 0 radical (unpaired) electrons. The van der Waals surface area contributed by atoms with E-state index in [0.29, 0.717) is 23.1 Å². The van der Waals surface area contributed by atoms with Crippen LogP contribution in [0.2, 0.25) is 10.0 Å². The molecule has 1 aliphatic heterocycles. The van der Waals surface area contributed by atoms with Crippen molar-refractivity contribution in [3.63, 3.8) is 0 Å². The molecule has 0 atom stereocenters. The van der Waals surface area contributed by atoms with Crippen LogP contribution in [0.25, 0.3) is 10.9 Å². The summed E-state index contributed by atoms with van der Waals surface area (Å²) in [7, 11) is -3.15. The van der Waals surface area contributed by atoms with Gasteiger partial charge in [0.05, 0.1) is 34.6 Å². The van der Waals surface area contributed by atoms with Crippen LogP contribution in [0.4, 0.5) is 5.69 Å². The number of amides is 1. The lowest BCUT2D eigenvalue weighted by Gasteiger charge is -2.19. The van der Waals surface area contributed by atoms with Crippen molar-refractivity contribution in [2.75, 3.05) is 16.9 Å². The lowest BCUT2D eigenvalue weighted by atomic mass is 9.99. The van der Waals surface area contributed by atoms with Gasteiger partial charge < -0.3 is 9.47 Å². The monoisotopic (exact) mass is 463 g/mol. The maximum absolute atomic E-state index is 13.3. The number of fused-ring (bicyclic) bond motifs is 3. The third-order valence-corrected chi connectivity index (χ3v) is 7.45. The molecule has 1 spiro atoms. The number of hydrogen-bond acceptors (Lipinski definition) is 4. The van der Waals surface area contributed by atoms with E-state index < -0.39 is 15.3 Å². The molecule has 1 fully saturated rings. The van der Waals surface area contributed by atoms with E-state index in [0.717, 1.165) is 40.7 Å². The summed E-state index contributed by atoms with van der Waals surface area (Å²) < 4.78 is 25.5. The van der Waals surface area contributed by atoms with Gasteiger partial charge in [0.15, 0.2) is 0 Å². The summed E-state index contributed by atoms with van der Waals surface area (Å²) in [5.41, 5.74) is 2.81. The predicted molar refractivity (Wildman–Crippen MR) is 118 cm³/mol. The molecule has 6 nitrogen and oxygen atoms in total. The van der Waals surface area contributed by atoms with Gasteiger partial charge in [-0.1, -0.05) is 23.2 Å². The topological polar surface area (TPSA) is 72.3 Å². The molecule has 9 heteroatoms. The third-order valence-electron chi connectivity index (χ3n) is 6.01. The van der Waals surface area contributed by atoms with E-state index in [2.05, 4.69) is 4.98 Å². The maximum atomic E-state index is 13.3. The maximum Gasteiger partial charge on any atom is 0.238 e. The molecule has 0 N–H and O–H groups in total. The SMILES string of the molecule is CS(=O)(=O)CCn1c(CN2C(=O)C3(CC3)c3c(Cl)cncc32)cc2cc(Cl)ccc21. The van der Waals surface area contributed by atoms with Crippen LogP contribution in [0, 0.1) is 0 Å². The highest BCUT2D eigenvalue weighted by Gasteiger charge is 2.60. The predicted octanol–water partition coefficient (Wildman–Crippen LogP) is 3.97. The van der Waals surface area contributed by atoms with Crippen LogP contribution in [-0.4, -0.2) is 35.9 Å². The second-order valence-electron chi connectivity index (χ2n) is 8.11. The average Bonchev–Trinajstić information content (AvgIpc) is 3.34. The van der Waals surface area contributed by atoms with Gasteiger partial charge in [-0.05, 0) is 37.1 Å². The van der Waals surface area contributed by atoms with E-state index in [4.69, 9.17) is 23.2 Å². The first-order valence-corrected chi connectivity index (χ1v) is 12.4. The first kappa shape index (κ1) is 19.8. The minimum atomic E-state index is -3.15. The van der Waals surface area contributed by atoms with Crippen LogP contribution in [-0.2, 0) is 33.1 Å². The highest BCUT2D eigenvalue weighted by Crippen LogP contribution is 2.59. The molecule has 2 aromatic heterocycles. The zero-order chi connectivity index (χ0) is 21.3. The fourth-order valence-electron chi connectivity index (χ4n) is 4.44. The zero-order valence-corrected chi connectivity index (χ0v) is 18.6. The van der Waals surface area contributed by atoms with Gasteiger partial charge in [0, 0.05) is 46.2 Å². The second kappa shape index (κ2) is 6.70. The number of benzene rings is 1. The van der Waals surface area contributed by atoms with E-state index in [1.165, 1.54) is 6.26 Å². The molecular formula is C21H19Cl2N3O3S. The molecule has 1 aliphatic carbocycles. The number of carbonyl (C=O) groups excluding carboxylic acids is 1. The van der Waals surface area contributed by atoms with Crippen molar-refractivity contribution in [1.29, 1.82) is 0 Å². The van der Waals surface area contributed by atoms with Gasteiger partial charge in [-0.25, -0.2) is 8.42 Å². The van der Waals surface area contributed by atoms with Crippen molar-refractivity contribution >= 4 is 55.5 Å². The van der Waals surface area contributed by atoms with Gasteiger partial charge in [0.25, 0.3) is 0 Å². The Bertz CT molecular complexity index is 1310. The average molecular weight is 464 g/mol. The summed E-state index contributed by atoms with van der Waals surface area (Å²) in [6, 6.07) is 7.47. The smallest absolute Gasteiger partial charge is 0.238 e. The van der Waals surface area contributed by atoms with Gasteiger partial charge in [-0.2, -0.15) is 0 Å². The lowest BCUT2D eigenvalue weighted by molar-refractivity contribution is -0.120. The standard InChI is InChI=1S/C21H19Cl2N3O3S/c1-30(28,29)7-6-25-15(9-13-8-14(22)2-3-17(13)25)12-26-18-11-24-10-16(23)19(18)21(4-5-21)20(26)27/h2-3,8-11H,4-7,12H2,1H3. The summed E-state index contributed by atoms with van der Waals surface area (Å²) in [5.74, 6) is 0.0409. The third kappa shape index (κ3) is 3.11. The van der Waals surface area contributed by atoms with Crippen LogP contribution in [0.15, 0.2) is 36.7 Å². The highest BCUT2D eigenvalue weighted by atomic mass is 35.5. The van der Waals surface area contributed by atoms with Crippen LogP contribution in [0.5, 0.6) is 0 Å². The molecular weight excluding hydrogens is 445 g/mol. The Balaban J connectivity index is 1.59. The first-order valence-electron chi connectivity index (χ1n) is 9.61. The van der Waals surface area contributed by atoms with Crippen molar-refractivity contribution < 1.29 is 13.2 Å². The van der Waals surface area contributed by atoms with Gasteiger partial charge in [0.2, 0.25) is 5.91 Å². The Morgan fingerprint density at radius 1 is 1.17 bits per heavy atom. The summed E-state index contributed by atoms with van der Waals surface area (Å²) >= 11 is 12.6. The molecule has 1 amide bonds. The fraction of sp³-hybridized carbons (Fsp3) is 0.333. The van der Waals surface area contributed by atoms with Crippen LogP contribution >= 0.6 is 23.2 Å². The van der Waals surface area contributed by atoms with Crippen LogP contribution < -0.4 is 4.90 Å². The van der Waals surface area contributed by atoms with Gasteiger partial charge in [-0.15, -0.1) is 0 Å². The summed E-state index contributed by atoms with van der Waals surface area (Å²) in [6.45, 7) is 0.610. The van der Waals surface area contributed by atoms with Crippen LogP contribution in [0.1, 0.15) is 24.1 Å². The summed E-state index contributed by atoms with van der Waals surface area (Å²) in [6.07, 6.45) is 6.06. The van der Waals surface area contributed by atoms with E-state index in [1.807, 2.05) is 22.8 Å². The Hall–Kier alpha value is -2.09. The largest absolute Gasteiger partial charge is 0.342 e. The fourth-order valence-corrected chi connectivity index (χ4v) is 5.47. The number of sulfone groups is 1. The van der Waals surface area contributed by atoms with E-state index >= 15 is 0 Å². The number of aryl methyl sites for hydroxylation is 1. The van der Waals surface area contributed by atoms with E-state index in [1.54, 1.807) is 23.4 Å². The minimum absolute atomic E-state index is 0.00820. The van der Waals surface area contributed by atoms with Crippen molar-refractivity contribution in [2.45, 2.75) is 31.3 Å². The number of rotatable bonds is 5. The van der Waals surface area contributed by atoms with E-state index in [9.17, 15) is 13.2 Å². The molecule has 0 bridgehead atoms. The molecule has 1 saturated carbocycles. The molecule has 1 aromatic carbocycles. The van der Waals surface area contributed by atoms with Crippen LogP contribution in [0.3, 0.4) is 0 Å². The Labute approximate surface area is 184 Å². The molecule has 3 aromatic rings. The zero-order valence-electron chi connectivity index (χ0n) is 16.2. The quantitative estimate of drug-likeness (QED) is 0.573. The lowest BCUT2D eigenvalue weighted by Crippen LogP contribution is -2.32. The second-order valence-corrected chi connectivity index (χ2v) is 11.2. The van der Waals surface area contributed by atoms with Crippen molar-refractivity contribution in [2.24, 2.45) is 0 Å². The molecule has 3 heterocycles. The van der Waals surface area contributed by atoms with Gasteiger partial charge in [0.1, 0.15) is 9.84 Å². The minimum Gasteiger partial charge on any atom is -0.342 e. The van der Waals surface area contributed by atoms with Crippen molar-refractivity contribution in [3.05, 3.63) is 58.0 Å². The number of halogens is 2.